The molecule has 15 nitrogen and oxygen atoms in total. The van der Waals surface area contributed by atoms with Crippen molar-refractivity contribution in [3.63, 3.8) is 0 Å². The molecule has 0 radical (unpaired) electrons. The van der Waals surface area contributed by atoms with Crippen LogP contribution in [0.15, 0.2) is 60.8 Å². The molecule has 2 aromatic carbocycles. The standard InChI is InChI=1S/C47H64N8O7/c1-3-4-20-36-42(57)48-24-13-22-37(52-43(58)38(50-30(2)56)26-31-15-7-5-8-16-31)47(62)55-25-14-23-41(55)46(61)54-39(27-32-17-9-6-10-18-32)44(59)53-40(45(60)51-36)28-33-29-49-35-21-12-11-19-34(33)35/h5,7-8,11-12,15-16,19,21,29,32,36-41,49H,3-4,6,9-10,13-14,17-18,20,22-28H2,1-2H3,(H,48,57)(H,50,56)(H,51,60)(H,52,58)(H,53,59)(H,54,61)/t36-,37+,38+,39-,40+,41+/m1/s1. The number of rotatable bonds is 12. The third kappa shape index (κ3) is 12.4. The van der Waals surface area contributed by atoms with Crippen LogP contribution in [-0.2, 0) is 46.4 Å². The molecule has 0 spiro atoms. The zero-order chi connectivity index (χ0) is 44.0. The molecule has 2 aliphatic heterocycles. The summed E-state index contributed by atoms with van der Waals surface area (Å²) in [6, 6.07) is 11.0. The van der Waals surface area contributed by atoms with E-state index in [-0.39, 0.29) is 44.7 Å². The molecule has 15 heteroatoms. The second-order valence-electron chi connectivity index (χ2n) is 17.3. The first kappa shape index (κ1) is 45.8. The summed E-state index contributed by atoms with van der Waals surface area (Å²) in [5.74, 6) is -3.12. The third-order valence-corrected chi connectivity index (χ3v) is 12.5. The van der Waals surface area contributed by atoms with E-state index in [1.54, 1.807) is 0 Å². The van der Waals surface area contributed by atoms with Crippen LogP contribution in [0.25, 0.3) is 10.9 Å². The van der Waals surface area contributed by atoms with Crippen LogP contribution in [0.1, 0.15) is 108 Å². The summed E-state index contributed by atoms with van der Waals surface area (Å²) in [5.41, 5.74) is 2.52. The SMILES string of the molecule is CCCC[C@H]1NC(=O)[C@H](Cc2c[nH]c3ccccc23)NC(=O)[C@@H](CC2CCCCC2)NC(=O)[C@@H]2CCCN2C(=O)[C@@H](NC(=O)[C@H](Cc2ccccc2)NC(C)=O)CCCNC1=O. The lowest BCUT2D eigenvalue weighted by Crippen LogP contribution is -2.60. The van der Waals surface area contributed by atoms with Gasteiger partial charge in [-0.05, 0) is 61.6 Å². The van der Waals surface area contributed by atoms with E-state index >= 15 is 0 Å². The van der Waals surface area contributed by atoms with E-state index in [0.29, 0.717) is 32.1 Å². The van der Waals surface area contributed by atoms with Gasteiger partial charge >= 0.3 is 0 Å². The molecule has 6 atom stereocenters. The first-order chi connectivity index (χ1) is 30.0. The molecule has 62 heavy (non-hydrogen) atoms. The normalized spacial score (nSPS) is 24.1. The first-order valence-corrected chi connectivity index (χ1v) is 22.7. The van der Waals surface area contributed by atoms with Crippen molar-refractivity contribution >= 4 is 52.3 Å². The number of carbonyl (C=O) groups is 7. The zero-order valence-electron chi connectivity index (χ0n) is 36.1. The van der Waals surface area contributed by atoms with Crippen LogP contribution in [0.5, 0.6) is 0 Å². The highest BCUT2D eigenvalue weighted by atomic mass is 16.2. The highest BCUT2D eigenvalue weighted by molar-refractivity contribution is 5.98. The summed E-state index contributed by atoms with van der Waals surface area (Å²) in [7, 11) is 0. The fourth-order valence-electron chi connectivity index (χ4n) is 9.19. The second kappa shape index (κ2) is 22.4. The minimum Gasteiger partial charge on any atom is -0.361 e. The van der Waals surface area contributed by atoms with Gasteiger partial charge in [0.2, 0.25) is 41.4 Å². The molecule has 3 fully saturated rings. The third-order valence-electron chi connectivity index (χ3n) is 12.5. The number of benzene rings is 2. The lowest BCUT2D eigenvalue weighted by atomic mass is 9.84. The van der Waals surface area contributed by atoms with E-state index < -0.39 is 77.6 Å². The van der Waals surface area contributed by atoms with Crippen LogP contribution in [0.3, 0.4) is 0 Å². The number of H-pyrrole nitrogens is 1. The Morgan fingerprint density at radius 3 is 2.24 bits per heavy atom. The summed E-state index contributed by atoms with van der Waals surface area (Å²) < 4.78 is 0. The predicted molar refractivity (Wildman–Crippen MR) is 235 cm³/mol. The average molecular weight is 853 g/mol. The van der Waals surface area contributed by atoms with Gasteiger partial charge in [-0.25, -0.2) is 0 Å². The number of aromatic nitrogens is 1. The molecule has 1 saturated carbocycles. The van der Waals surface area contributed by atoms with Crippen LogP contribution in [0.2, 0.25) is 0 Å². The van der Waals surface area contributed by atoms with Gasteiger partial charge in [0.15, 0.2) is 0 Å². The Balaban J connectivity index is 1.30. The van der Waals surface area contributed by atoms with Gasteiger partial charge in [0, 0.05) is 50.0 Å². The summed E-state index contributed by atoms with van der Waals surface area (Å²) in [6.07, 6.45) is 10.6. The lowest BCUT2D eigenvalue weighted by molar-refractivity contribution is -0.142. The van der Waals surface area contributed by atoms with Gasteiger partial charge in [-0.3, -0.25) is 33.6 Å². The summed E-state index contributed by atoms with van der Waals surface area (Å²) in [4.78, 5) is 103. The molecule has 7 N–H and O–H groups in total. The summed E-state index contributed by atoms with van der Waals surface area (Å²) in [5, 5.41) is 18.4. The topological polar surface area (TPSA) is 211 Å². The molecule has 7 amide bonds. The van der Waals surface area contributed by atoms with Crippen molar-refractivity contribution < 1.29 is 33.6 Å². The van der Waals surface area contributed by atoms with Crippen LogP contribution in [0.4, 0.5) is 0 Å². The van der Waals surface area contributed by atoms with Crippen molar-refractivity contribution in [3.05, 3.63) is 71.9 Å². The van der Waals surface area contributed by atoms with Crippen molar-refractivity contribution in [2.75, 3.05) is 13.1 Å². The number of nitrogens with zero attached hydrogens (tertiary/aromatic N) is 1. The number of aromatic amines is 1. The molecule has 3 aromatic rings. The fourth-order valence-corrected chi connectivity index (χ4v) is 9.19. The minimum atomic E-state index is -1.08. The summed E-state index contributed by atoms with van der Waals surface area (Å²) >= 11 is 0. The Morgan fingerprint density at radius 2 is 1.48 bits per heavy atom. The minimum absolute atomic E-state index is 0.124. The molecule has 334 valence electrons. The number of amides is 7. The Hall–Kier alpha value is -5.73. The fraction of sp³-hybridized carbons (Fsp3) is 0.553. The Labute approximate surface area is 364 Å². The number of nitrogens with one attached hydrogen (secondary N) is 7. The zero-order valence-corrected chi connectivity index (χ0v) is 36.1. The van der Waals surface area contributed by atoms with Gasteiger partial charge in [0.25, 0.3) is 0 Å². The molecule has 1 aliphatic carbocycles. The highest BCUT2D eigenvalue weighted by Gasteiger charge is 2.40. The molecule has 6 rings (SSSR count). The van der Waals surface area contributed by atoms with Crippen molar-refractivity contribution in [2.45, 2.75) is 146 Å². The maximum atomic E-state index is 14.6. The van der Waals surface area contributed by atoms with E-state index in [9.17, 15) is 33.6 Å². The number of para-hydroxylation sites is 1. The van der Waals surface area contributed by atoms with Crippen LogP contribution < -0.4 is 31.9 Å². The van der Waals surface area contributed by atoms with Gasteiger partial charge in [-0.2, -0.15) is 0 Å². The molecule has 3 aliphatic rings. The number of unbranched alkanes of at least 4 members (excludes halogenated alkanes) is 1. The molecule has 0 bridgehead atoms. The monoisotopic (exact) mass is 852 g/mol. The van der Waals surface area contributed by atoms with E-state index in [1.807, 2.05) is 67.7 Å². The molecule has 1 aromatic heterocycles. The smallest absolute Gasteiger partial charge is 0.245 e. The first-order valence-electron chi connectivity index (χ1n) is 22.7. The molecular weight excluding hydrogens is 789 g/mol. The maximum absolute atomic E-state index is 14.6. The average Bonchev–Trinajstić information content (AvgIpc) is 3.93. The van der Waals surface area contributed by atoms with Crippen molar-refractivity contribution in [3.8, 4) is 0 Å². The molecular formula is C47H64N8O7. The Morgan fingerprint density at radius 1 is 0.774 bits per heavy atom. The number of hydrogen-bond donors (Lipinski definition) is 7. The van der Waals surface area contributed by atoms with Gasteiger partial charge in [0.1, 0.15) is 36.3 Å². The van der Waals surface area contributed by atoms with Crippen molar-refractivity contribution in [1.29, 1.82) is 0 Å². The second-order valence-corrected chi connectivity index (χ2v) is 17.3. The largest absolute Gasteiger partial charge is 0.361 e. The molecule has 3 heterocycles. The van der Waals surface area contributed by atoms with Crippen LogP contribution in [-0.4, -0.2) is 101 Å². The number of carbonyl (C=O) groups excluding carboxylic acids is 7. The van der Waals surface area contributed by atoms with Gasteiger partial charge < -0.3 is 41.8 Å². The highest BCUT2D eigenvalue weighted by Crippen LogP contribution is 2.28. The van der Waals surface area contributed by atoms with E-state index in [1.165, 1.54) is 11.8 Å². The maximum Gasteiger partial charge on any atom is 0.245 e. The van der Waals surface area contributed by atoms with E-state index in [2.05, 4.69) is 36.9 Å². The van der Waals surface area contributed by atoms with Crippen molar-refractivity contribution in [2.24, 2.45) is 5.92 Å². The van der Waals surface area contributed by atoms with Gasteiger partial charge in [-0.15, -0.1) is 0 Å². The van der Waals surface area contributed by atoms with Crippen LogP contribution >= 0.6 is 0 Å². The Kier molecular flexibility index (Phi) is 16.5. The van der Waals surface area contributed by atoms with E-state index in [0.717, 1.165) is 60.6 Å². The molecule has 2 saturated heterocycles. The predicted octanol–water partition coefficient (Wildman–Crippen LogP) is 3.46. The van der Waals surface area contributed by atoms with Gasteiger partial charge in [0.05, 0.1) is 0 Å². The Bertz CT molecular complexity index is 2030. The lowest BCUT2D eigenvalue weighted by Gasteiger charge is -2.32. The van der Waals surface area contributed by atoms with Gasteiger partial charge in [-0.1, -0.05) is 100 Å². The summed E-state index contributed by atoms with van der Waals surface area (Å²) in [6.45, 7) is 3.72. The number of hydrogen-bond acceptors (Lipinski definition) is 7. The van der Waals surface area contributed by atoms with Crippen molar-refractivity contribution in [1.82, 2.24) is 41.8 Å². The van der Waals surface area contributed by atoms with Crippen LogP contribution in [0, 0.1) is 5.92 Å². The number of fused-ring (bicyclic) bond motifs is 2. The van der Waals surface area contributed by atoms with E-state index in [4.69, 9.17) is 0 Å². The quantitative estimate of drug-likeness (QED) is 0.144. The molecule has 0 unspecified atom stereocenters.